The van der Waals surface area contributed by atoms with E-state index < -0.39 is 17.5 Å². The van der Waals surface area contributed by atoms with Crippen molar-refractivity contribution in [1.82, 2.24) is 9.78 Å². The van der Waals surface area contributed by atoms with Crippen LogP contribution in [0.3, 0.4) is 0 Å². The summed E-state index contributed by atoms with van der Waals surface area (Å²) < 4.78 is 33.6. The Morgan fingerprint density at radius 1 is 1.56 bits per heavy atom. The van der Waals surface area contributed by atoms with Gasteiger partial charge in [0.1, 0.15) is 0 Å². The number of hydrogen-bond acceptors (Lipinski definition) is 3. The van der Waals surface area contributed by atoms with Gasteiger partial charge in [0.15, 0.2) is 0 Å². The molecule has 2 rings (SSSR count). The molecule has 7 heteroatoms. The lowest BCUT2D eigenvalue weighted by molar-refractivity contribution is -0.166. The quantitative estimate of drug-likeness (QED) is 0.894. The van der Waals surface area contributed by atoms with E-state index in [2.05, 4.69) is 5.10 Å². The zero-order chi connectivity index (χ0) is 13.3. The minimum atomic E-state index is -3.90. The Hall–Kier alpha value is -1.50. The van der Waals surface area contributed by atoms with Crippen molar-refractivity contribution in [2.75, 3.05) is 13.2 Å². The van der Waals surface area contributed by atoms with Gasteiger partial charge in [-0.1, -0.05) is 0 Å². The van der Waals surface area contributed by atoms with E-state index in [0.717, 1.165) is 6.20 Å². The first-order valence-corrected chi connectivity index (χ1v) is 5.66. The lowest BCUT2D eigenvalue weighted by atomic mass is 9.92. The van der Waals surface area contributed by atoms with Crippen molar-refractivity contribution >= 4 is 5.97 Å². The molecule has 1 aliphatic rings. The van der Waals surface area contributed by atoms with E-state index in [-0.39, 0.29) is 11.6 Å². The molecule has 0 atom stereocenters. The van der Waals surface area contributed by atoms with Crippen LogP contribution in [0.15, 0.2) is 6.20 Å². The minimum Gasteiger partial charge on any atom is -0.477 e. The maximum Gasteiger partial charge on any atom is 0.379 e. The molecule has 0 saturated carbocycles. The Labute approximate surface area is 102 Å². The Balaban J connectivity index is 2.38. The second kappa shape index (κ2) is 4.64. The fourth-order valence-corrected chi connectivity index (χ4v) is 2.14. The van der Waals surface area contributed by atoms with Gasteiger partial charge in [-0.2, -0.15) is 13.9 Å². The third-order valence-corrected chi connectivity index (χ3v) is 3.07. The summed E-state index contributed by atoms with van der Waals surface area (Å²) in [5.41, 5.74) is -0.336. The highest BCUT2D eigenvalue weighted by Gasteiger charge is 2.45. The van der Waals surface area contributed by atoms with Crippen LogP contribution in [0.2, 0.25) is 0 Å². The SMILES string of the molecule is Cn1cc(C(F)(F)C(=O)O)c(C2CCOCC2)n1. The predicted molar refractivity (Wildman–Crippen MR) is 57.5 cm³/mol. The standard InChI is InChI=1S/C11H14F2N2O3/c1-15-6-8(11(12,13)10(16)17)9(14-15)7-2-4-18-5-3-7/h6-7H,2-5H2,1H3,(H,16,17). The number of ether oxygens (including phenoxy) is 1. The van der Waals surface area contributed by atoms with Gasteiger partial charge in [-0.25, -0.2) is 4.79 Å². The van der Waals surface area contributed by atoms with Gasteiger partial charge in [-0.05, 0) is 12.8 Å². The van der Waals surface area contributed by atoms with Crippen LogP contribution in [0.25, 0.3) is 0 Å². The third-order valence-electron chi connectivity index (χ3n) is 3.07. The van der Waals surface area contributed by atoms with Gasteiger partial charge < -0.3 is 9.84 Å². The zero-order valence-electron chi connectivity index (χ0n) is 9.90. The second-order valence-electron chi connectivity index (χ2n) is 4.37. The van der Waals surface area contributed by atoms with Crippen LogP contribution in [0.4, 0.5) is 8.78 Å². The van der Waals surface area contributed by atoms with E-state index in [1.165, 1.54) is 11.7 Å². The first-order valence-electron chi connectivity index (χ1n) is 5.66. The number of rotatable bonds is 3. The molecule has 1 fully saturated rings. The Morgan fingerprint density at radius 3 is 2.72 bits per heavy atom. The largest absolute Gasteiger partial charge is 0.477 e. The molecule has 0 aromatic carbocycles. The number of halogens is 2. The molecule has 0 aliphatic carbocycles. The maximum atomic E-state index is 13.6. The minimum absolute atomic E-state index is 0.167. The van der Waals surface area contributed by atoms with Crippen LogP contribution in [0.1, 0.15) is 30.0 Å². The summed E-state index contributed by atoms with van der Waals surface area (Å²) in [5, 5.41) is 12.6. The van der Waals surface area contributed by atoms with Crippen LogP contribution in [-0.4, -0.2) is 34.1 Å². The summed E-state index contributed by atoms with van der Waals surface area (Å²) in [7, 11) is 1.50. The fraction of sp³-hybridized carbons (Fsp3) is 0.636. The molecule has 0 bridgehead atoms. The average molecular weight is 260 g/mol. The van der Waals surface area contributed by atoms with Gasteiger partial charge in [-0.15, -0.1) is 0 Å². The van der Waals surface area contributed by atoms with Crippen LogP contribution < -0.4 is 0 Å². The number of carboxylic acids is 1. The molecule has 1 aromatic rings. The van der Waals surface area contributed by atoms with Crippen molar-refractivity contribution in [2.24, 2.45) is 7.05 Å². The molecule has 1 saturated heterocycles. The normalized spacial score (nSPS) is 17.9. The van der Waals surface area contributed by atoms with Crippen molar-refractivity contribution in [3.63, 3.8) is 0 Å². The van der Waals surface area contributed by atoms with Crippen molar-refractivity contribution < 1.29 is 23.4 Å². The third kappa shape index (κ3) is 2.22. The van der Waals surface area contributed by atoms with Crippen LogP contribution >= 0.6 is 0 Å². The molecular formula is C11H14F2N2O3. The van der Waals surface area contributed by atoms with Crippen molar-refractivity contribution in [2.45, 2.75) is 24.7 Å². The molecule has 1 aliphatic heterocycles. The van der Waals surface area contributed by atoms with Crippen LogP contribution in [0, 0.1) is 0 Å². The van der Waals surface area contributed by atoms with E-state index >= 15 is 0 Å². The number of aliphatic carboxylic acids is 1. The first kappa shape index (κ1) is 12.9. The van der Waals surface area contributed by atoms with Gasteiger partial charge in [0, 0.05) is 32.4 Å². The molecule has 0 amide bonds. The maximum absolute atomic E-state index is 13.6. The van der Waals surface area contributed by atoms with Gasteiger partial charge in [-0.3, -0.25) is 4.68 Å². The summed E-state index contributed by atoms with van der Waals surface area (Å²) >= 11 is 0. The highest BCUT2D eigenvalue weighted by molar-refractivity contribution is 5.77. The molecule has 0 spiro atoms. The highest BCUT2D eigenvalue weighted by Crippen LogP contribution is 2.36. The van der Waals surface area contributed by atoms with Crippen molar-refractivity contribution in [3.8, 4) is 0 Å². The summed E-state index contributed by atoms with van der Waals surface area (Å²) in [6.45, 7) is 0.971. The molecule has 18 heavy (non-hydrogen) atoms. The molecule has 1 aromatic heterocycles. The number of aryl methyl sites for hydroxylation is 1. The lowest BCUT2D eigenvalue weighted by Gasteiger charge is -2.22. The smallest absolute Gasteiger partial charge is 0.379 e. The van der Waals surface area contributed by atoms with Gasteiger partial charge >= 0.3 is 11.9 Å². The summed E-state index contributed by atoms with van der Waals surface area (Å²) in [6, 6.07) is 0. The molecule has 5 nitrogen and oxygen atoms in total. The second-order valence-corrected chi connectivity index (χ2v) is 4.37. The van der Waals surface area contributed by atoms with Crippen LogP contribution in [0.5, 0.6) is 0 Å². The van der Waals surface area contributed by atoms with Crippen molar-refractivity contribution in [1.29, 1.82) is 0 Å². The van der Waals surface area contributed by atoms with E-state index in [0.29, 0.717) is 26.1 Å². The highest BCUT2D eigenvalue weighted by atomic mass is 19.3. The number of aromatic nitrogens is 2. The van der Waals surface area contributed by atoms with Crippen LogP contribution in [-0.2, 0) is 22.5 Å². The summed E-state index contributed by atoms with van der Waals surface area (Å²) in [4.78, 5) is 10.7. The molecule has 100 valence electrons. The molecule has 0 unspecified atom stereocenters. The first-order chi connectivity index (χ1) is 8.43. The van der Waals surface area contributed by atoms with Gasteiger partial charge in [0.05, 0.1) is 11.3 Å². The number of nitrogens with zero attached hydrogens (tertiary/aromatic N) is 2. The van der Waals surface area contributed by atoms with E-state index in [9.17, 15) is 13.6 Å². The van der Waals surface area contributed by atoms with E-state index in [4.69, 9.17) is 9.84 Å². The van der Waals surface area contributed by atoms with E-state index in [1.807, 2.05) is 0 Å². The average Bonchev–Trinajstić information content (AvgIpc) is 2.73. The summed E-state index contributed by atoms with van der Waals surface area (Å²) in [5.74, 6) is -6.22. The van der Waals surface area contributed by atoms with Gasteiger partial charge in [0.2, 0.25) is 0 Å². The Bertz CT molecular complexity index is 453. The topological polar surface area (TPSA) is 64.4 Å². The Kier molecular flexibility index (Phi) is 3.34. The van der Waals surface area contributed by atoms with Crippen molar-refractivity contribution in [3.05, 3.63) is 17.5 Å². The number of hydrogen-bond donors (Lipinski definition) is 1. The monoisotopic (exact) mass is 260 g/mol. The molecule has 0 radical (unpaired) electrons. The lowest BCUT2D eigenvalue weighted by Crippen LogP contribution is -2.27. The fourth-order valence-electron chi connectivity index (χ4n) is 2.14. The molecular weight excluding hydrogens is 246 g/mol. The zero-order valence-corrected chi connectivity index (χ0v) is 9.90. The van der Waals surface area contributed by atoms with Gasteiger partial charge in [0.25, 0.3) is 0 Å². The number of carboxylic acid groups (broad SMARTS) is 1. The predicted octanol–water partition coefficient (Wildman–Crippen LogP) is 1.49. The Morgan fingerprint density at radius 2 is 2.17 bits per heavy atom. The number of alkyl halides is 2. The molecule has 1 N–H and O–H groups in total. The number of carbonyl (C=O) groups is 1. The molecule has 2 heterocycles. The van der Waals surface area contributed by atoms with E-state index in [1.54, 1.807) is 0 Å². The summed E-state index contributed by atoms with van der Waals surface area (Å²) in [6.07, 6.45) is 2.25.